The van der Waals surface area contributed by atoms with Gasteiger partial charge in [0.15, 0.2) is 0 Å². The molecule has 0 aliphatic carbocycles. The Morgan fingerprint density at radius 2 is 1.95 bits per heavy atom. The molecule has 2 aromatic rings. The third kappa shape index (κ3) is 3.57. The average molecular weight is 346 g/mol. The average Bonchev–Trinajstić information content (AvgIpc) is 2.37. The van der Waals surface area contributed by atoms with Crippen LogP contribution in [0.5, 0.6) is 5.75 Å². The highest BCUT2D eigenvalue weighted by molar-refractivity contribution is 9.10. The highest BCUT2D eigenvalue weighted by Gasteiger charge is 2.31. The van der Waals surface area contributed by atoms with Crippen molar-refractivity contribution in [2.45, 2.75) is 6.36 Å². The molecule has 1 aromatic heterocycles. The van der Waals surface area contributed by atoms with Crippen molar-refractivity contribution in [2.24, 2.45) is 0 Å². The molecule has 3 nitrogen and oxygen atoms in total. The first kappa shape index (κ1) is 14.5. The summed E-state index contributed by atoms with van der Waals surface area (Å²) in [7, 11) is 0. The van der Waals surface area contributed by atoms with Crippen LogP contribution in [0.25, 0.3) is 0 Å². The summed E-state index contributed by atoms with van der Waals surface area (Å²) in [5.74, 6) is -0.794. The minimum absolute atomic E-state index is 0.204. The van der Waals surface area contributed by atoms with Gasteiger partial charge in [0, 0.05) is 16.2 Å². The van der Waals surface area contributed by atoms with Gasteiger partial charge in [-0.2, -0.15) is 0 Å². The van der Waals surface area contributed by atoms with Crippen LogP contribution < -0.4 is 4.74 Å². The highest BCUT2D eigenvalue weighted by atomic mass is 79.9. The van der Waals surface area contributed by atoms with Crippen LogP contribution in [0.3, 0.4) is 0 Å². The van der Waals surface area contributed by atoms with Gasteiger partial charge in [-0.05, 0) is 46.3 Å². The fourth-order valence-electron chi connectivity index (χ4n) is 1.51. The number of rotatable bonds is 3. The molecule has 0 radical (unpaired) electrons. The molecule has 0 aliphatic heterocycles. The molecule has 1 aromatic carbocycles. The lowest BCUT2D eigenvalue weighted by Gasteiger charge is -2.10. The van der Waals surface area contributed by atoms with Crippen molar-refractivity contribution in [2.75, 3.05) is 0 Å². The van der Waals surface area contributed by atoms with Gasteiger partial charge in [0.05, 0.1) is 0 Å². The van der Waals surface area contributed by atoms with Crippen LogP contribution in [-0.4, -0.2) is 17.1 Å². The summed E-state index contributed by atoms with van der Waals surface area (Å²) < 4.78 is 40.2. The zero-order chi connectivity index (χ0) is 14.8. The Balaban J connectivity index is 2.29. The second kappa shape index (κ2) is 5.62. The van der Waals surface area contributed by atoms with Gasteiger partial charge in [0.25, 0.3) is 0 Å². The van der Waals surface area contributed by atoms with E-state index in [0.717, 1.165) is 12.1 Å². The van der Waals surface area contributed by atoms with Gasteiger partial charge in [-0.3, -0.25) is 9.78 Å². The van der Waals surface area contributed by atoms with E-state index in [1.54, 1.807) is 12.1 Å². The number of hydrogen-bond acceptors (Lipinski definition) is 3. The second-order valence-electron chi connectivity index (χ2n) is 3.73. The first-order valence-corrected chi connectivity index (χ1v) is 6.17. The number of ketones is 1. The van der Waals surface area contributed by atoms with Crippen molar-refractivity contribution >= 4 is 21.7 Å². The number of carbonyl (C=O) groups excluding carboxylic acids is 1. The van der Waals surface area contributed by atoms with Crippen molar-refractivity contribution in [3.63, 3.8) is 0 Å². The molecule has 0 fully saturated rings. The predicted octanol–water partition coefficient (Wildman–Crippen LogP) is 3.97. The fraction of sp³-hybridized carbons (Fsp3) is 0.0769. The maximum Gasteiger partial charge on any atom is 0.573 e. The molecule has 1 heterocycles. The number of nitrogens with zero attached hydrogens (tertiary/aromatic N) is 1. The van der Waals surface area contributed by atoms with Crippen LogP contribution in [0.1, 0.15) is 16.1 Å². The molecule has 0 bridgehead atoms. The van der Waals surface area contributed by atoms with E-state index in [2.05, 4.69) is 25.7 Å². The zero-order valence-corrected chi connectivity index (χ0v) is 11.4. The topological polar surface area (TPSA) is 39.2 Å². The van der Waals surface area contributed by atoms with Crippen molar-refractivity contribution in [3.05, 3.63) is 58.3 Å². The van der Waals surface area contributed by atoms with Gasteiger partial charge in [-0.25, -0.2) is 0 Å². The highest BCUT2D eigenvalue weighted by Crippen LogP contribution is 2.28. The Morgan fingerprint density at radius 1 is 1.20 bits per heavy atom. The summed E-state index contributed by atoms with van der Waals surface area (Å²) in [5, 5.41) is 0. The van der Waals surface area contributed by atoms with E-state index in [1.165, 1.54) is 18.3 Å². The lowest BCUT2D eigenvalue weighted by atomic mass is 10.1. The van der Waals surface area contributed by atoms with Crippen molar-refractivity contribution < 1.29 is 22.7 Å². The fourth-order valence-corrected chi connectivity index (χ4v) is 2.05. The molecule has 0 N–H and O–H groups in total. The second-order valence-corrected chi connectivity index (χ2v) is 4.59. The standard InChI is InChI=1S/C13H7BrF3NO2/c14-10-7-8(20-13(15,16)17)4-5-9(10)12(19)11-3-1-2-6-18-11/h1-7H. The lowest BCUT2D eigenvalue weighted by molar-refractivity contribution is -0.274. The summed E-state index contributed by atoms with van der Waals surface area (Å²) in [5.41, 5.74) is 0.413. The minimum Gasteiger partial charge on any atom is -0.406 e. The molecule has 0 unspecified atom stereocenters. The normalized spacial score (nSPS) is 11.2. The summed E-state index contributed by atoms with van der Waals surface area (Å²) >= 11 is 3.06. The Labute approximate surface area is 120 Å². The van der Waals surface area contributed by atoms with E-state index in [0.29, 0.717) is 0 Å². The summed E-state index contributed by atoms with van der Waals surface area (Å²) in [4.78, 5) is 16.0. The van der Waals surface area contributed by atoms with Crippen LogP contribution in [-0.2, 0) is 0 Å². The van der Waals surface area contributed by atoms with Gasteiger partial charge < -0.3 is 4.74 Å². The van der Waals surface area contributed by atoms with Crippen LogP contribution in [0.15, 0.2) is 47.1 Å². The van der Waals surface area contributed by atoms with Crippen LogP contribution >= 0.6 is 15.9 Å². The lowest BCUT2D eigenvalue weighted by Crippen LogP contribution is -2.17. The zero-order valence-electron chi connectivity index (χ0n) is 9.82. The monoisotopic (exact) mass is 345 g/mol. The van der Waals surface area contributed by atoms with Crippen molar-refractivity contribution in [1.82, 2.24) is 4.98 Å². The molecule has 20 heavy (non-hydrogen) atoms. The number of alkyl halides is 3. The third-order valence-corrected chi connectivity index (χ3v) is 2.97. The van der Waals surface area contributed by atoms with E-state index < -0.39 is 17.9 Å². The number of hydrogen-bond donors (Lipinski definition) is 0. The first-order valence-electron chi connectivity index (χ1n) is 5.38. The number of ether oxygens (including phenoxy) is 1. The molecule has 2 rings (SSSR count). The maximum atomic E-state index is 12.1. The van der Waals surface area contributed by atoms with E-state index in [9.17, 15) is 18.0 Å². The number of aromatic nitrogens is 1. The van der Waals surface area contributed by atoms with Gasteiger partial charge in [-0.1, -0.05) is 6.07 Å². The maximum absolute atomic E-state index is 12.1. The van der Waals surface area contributed by atoms with Gasteiger partial charge >= 0.3 is 6.36 Å². The predicted molar refractivity (Wildman–Crippen MR) is 68.5 cm³/mol. The molecule has 0 amide bonds. The van der Waals surface area contributed by atoms with E-state index in [4.69, 9.17) is 0 Å². The van der Waals surface area contributed by atoms with Gasteiger partial charge in [-0.15, -0.1) is 13.2 Å². The minimum atomic E-state index is -4.77. The summed E-state index contributed by atoms with van der Waals surface area (Å²) in [6.07, 6.45) is -3.31. The summed E-state index contributed by atoms with van der Waals surface area (Å²) in [6.45, 7) is 0. The van der Waals surface area contributed by atoms with E-state index in [1.807, 2.05) is 0 Å². The first-order chi connectivity index (χ1) is 9.37. The van der Waals surface area contributed by atoms with Crippen molar-refractivity contribution in [1.29, 1.82) is 0 Å². The molecule has 0 atom stereocenters. The SMILES string of the molecule is O=C(c1ccccn1)c1ccc(OC(F)(F)F)cc1Br. The van der Waals surface area contributed by atoms with E-state index in [-0.39, 0.29) is 15.7 Å². The largest absolute Gasteiger partial charge is 0.573 e. The molecule has 0 spiro atoms. The summed E-state index contributed by atoms with van der Waals surface area (Å²) in [6, 6.07) is 8.25. The van der Waals surface area contributed by atoms with Crippen LogP contribution in [0.4, 0.5) is 13.2 Å². The van der Waals surface area contributed by atoms with Gasteiger partial charge in [0.1, 0.15) is 11.4 Å². The number of pyridine rings is 1. The Bertz CT molecular complexity index is 629. The Morgan fingerprint density at radius 3 is 2.50 bits per heavy atom. The van der Waals surface area contributed by atoms with Crippen molar-refractivity contribution in [3.8, 4) is 5.75 Å². The molecule has 0 aliphatic rings. The molecule has 0 saturated heterocycles. The molecule has 104 valence electrons. The van der Waals surface area contributed by atoms with Crippen LogP contribution in [0, 0.1) is 0 Å². The van der Waals surface area contributed by atoms with Crippen LogP contribution in [0.2, 0.25) is 0 Å². The smallest absolute Gasteiger partial charge is 0.406 e. The number of benzene rings is 1. The Hall–Kier alpha value is -1.89. The molecule has 7 heteroatoms. The number of halogens is 4. The molecule has 0 saturated carbocycles. The Kier molecular flexibility index (Phi) is 4.08. The quantitative estimate of drug-likeness (QED) is 0.790. The molecular weight excluding hydrogens is 339 g/mol. The number of carbonyl (C=O) groups is 1. The van der Waals surface area contributed by atoms with E-state index >= 15 is 0 Å². The van der Waals surface area contributed by atoms with Gasteiger partial charge in [0.2, 0.25) is 5.78 Å². The molecular formula is C13H7BrF3NO2. The third-order valence-electron chi connectivity index (χ3n) is 2.32.